The second-order valence-electron chi connectivity index (χ2n) is 6.38. The Bertz CT molecular complexity index is 411. The number of hydrogen-bond donors (Lipinski definition) is 1. The van der Waals surface area contributed by atoms with Crippen molar-refractivity contribution < 1.29 is 0 Å². The lowest BCUT2D eigenvalue weighted by Gasteiger charge is -2.29. The Labute approximate surface area is 139 Å². The largest absolute Gasteiger partial charge is 0.349 e. The third kappa shape index (κ3) is 5.52. The van der Waals surface area contributed by atoms with Gasteiger partial charge in [0.25, 0.3) is 0 Å². The van der Waals surface area contributed by atoms with Crippen molar-refractivity contribution in [2.24, 2.45) is 5.92 Å². The van der Waals surface area contributed by atoms with Gasteiger partial charge in [-0.2, -0.15) is 0 Å². The van der Waals surface area contributed by atoms with Crippen LogP contribution in [0.25, 0.3) is 0 Å². The second-order valence-corrected chi connectivity index (χ2v) is 7.47. The van der Waals surface area contributed by atoms with E-state index in [1.807, 2.05) is 17.5 Å². The molecule has 0 radical (unpaired) electrons. The Morgan fingerprint density at radius 2 is 2.00 bits per heavy atom. The predicted molar refractivity (Wildman–Crippen MR) is 96.8 cm³/mol. The molecular weight excluding hydrogens is 292 g/mol. The van der Waals surface area contributed by atoms with E-state index in [-0.39, 0.29) is 0 Å². The molecule has 126 valence electrons. The van der Waals surface area contributed by atoms with Gasteiger partial charge in [-0.3, -0.25) is 0 Å². The number of aromatic nitrogens is 1. The molecule has 2 heterocycles. The molecule has 1 atom stereocenters. The molecule has 5 heteroatoms. The SMILES string of the molecule is CCN(CC)c1ncc(CNCC(C)CN2CCCCC2)s1. The van der Waals surface area contributed by atoms with E-state index in [1.54, 1.807) is 0 Å². The van der Waals surface area contributed by atoms with Gasteiger partial charge in [0.15, 0.2) is 5.13 Å². The third-order valence-electron chi connectivity index (χ3n) is 4.39. The first kappa shape index (κ1) is 17.7. The smallest absolute Gasteiger partial charge is 0.185 e. The summed E-state index contributed by atoms with van der Waals surface area (Å²) in [5.74, 6) is 0.716. The van der Waals surface area contributed by atoms with Crippen molar-refractivity contribution in [1.29, 1.82) is 0 Å². The van der Waals surface area contributed by atoms with E-state index < -0.39 is 0 Å². The van der Waals surface area contributed by atoms with Crippen molar-refractivity contribution in [1.82, 2.24) is 15.2 Å². The van der Waals surface area contributed by atoms with E-state index in [9.17, 15) is 0 Å². The zero-order valence-corrected chi connectivity index (χ0v) is 15.3. The molecular formula is C17H32N4S. The van der Waals surface area contributed by atoms with Crippen molar-refractivity contribution >= 4 is 16.5 Å². The van der Waals surface area contributed by atoms with E-state index in [4.69, 9.17) is 0 Å². The minimum atomic E-state index is 0.716. The van der Waals surface area contributed by atoms with Crippen molar-refractivity contribution in [3.05, 3.63) is 11.1 Å². The van der Waals surface area contributed by atoms with Gasteiger partial charge in [-0.25, -0.2) is 4.98 Å². The monoisotopic (exact) mass is 324 g/mol. The molecule has 1 saturated heterocycles. The van der Waals surface area contributed by atoms with E-state index in [0.717, 1.165) is 31.3 Å². The predicted octanol–water partition coefficient (Wildman–Crippen LogP) is 3.20. The Kier molecular flexibility index (Phi) is 7.63. The number of piperidine rings is 1. The molecule has 0 amide bonds. The molecule has 1 aromatic rings. The molecule has 22 heavy (non-hydrogen) atoms. The fraction of sp³-hybridized carbons (Fsp3) is 0.824. The second kappa shape index (κ2) is 9.48. The van der Waals surface area contributed by atoms with Gasteiger partial charge in [0, 0.05) is 37.3 Å². The number of thiazole rings is 1. The summed E-state index contributed by atoms with van der Waals surface area (Å²) in [6.45, 7) is 14.7. The highest BCUT2D eigenvalue weighted by atomic mass is 32.1. The molecule has 0 aliphatic carbocycles. The number of likely N-dealkylation sites (tertiary alicyclic amines) is 1. The first-order valence-electron chi connectivity index (χ1n) is 8.85. The van der Waals surface area contributed by atoms with Crippen LogP contribution in [0.5, 0.6) is 0 Å². The summed E-state index contributed by atoms with van der Waals surface area (Å²) in [4.78, 5) is 10.8. The molecule has 1 unspecified atom stereocenters. The van der Waals surface area contributed by atoms with E-state index in [2.05, 4.69) is 40.9 Å². The Morgan fingerprint density at radius 3 is 2.68 bits per heavy atom. The molecule has 0 spiro atoms. The van der Waals surface area contributed by atoms with Gasteiger partial charge in [-0.05, 0) is 52.2 Å². The van der Waals surface area contributed by atoms with Gasteiger partial charge in [-0.1, -0.05) is 13.3 Å². The van der Waals surface area contributed by atoms with Gasteiger partial charge in [0.2, 0.25) is 0 Å². The molecule has 0 saturated carbocycles. The first-order chi connectivity index (χ1) is 10.7. The minimum Gasteiger partial charge on any atom is -0.349 e. The van der Waals surface area contributed by atoms with E-state index in [1.165, 1.54) is 43.8 Å². The third-order valence-corrected chi connectivity index (χ3v) is 5.44. The van der Waals surface area contributed by atoms with Crippen LogP contribution >= 0.6 is 11.3 Å². The van der Waals surface area contributed by atoms with Crippen molar-refractivity contribution in [2.45, 2.75) is 46.6 Å². The Hall–Kier alpha value is -0.650. The molecule has 2 rings (SSSR count). The highest BCUT2D eigenvalue weighted by Gasteiger charge is 2.13. The lowest BCUT2D eigenvalue weighted by atomic mass is 10.1. The molecule has 1 N–H and O–H groups in total. The van der Waals surface area contributed by atoms with Gasteiger partial charge in [-0.15, -0.1) is 11.3 Å². The maximum Gasteiger partial charge on any atom is 0.185 e. The number of rotatable bonds is 9. The molecule has 4 nitrogen and oxygen atoms in total. The van der Waals surface area contributed by atoms with E-state index in [0.29, 0.717) is 5.92 Å². The minimum absolute atomic E-state index is 0.716. The summed E-state index contributed by atoms with van der Waals surface area (Å²) in [5.41, 5.74) is 0. The summed E-state index contributed by atoms with van der Waals surface area (Å²) < 4.78 is 0. The highest BCUT2D eigenvalue weighted by Crippen LogP contribution is 2.22. The zero-order chi connectivity index (χ0) is 15.8. The van der Waals surface area contributed by atoms with Crippen LogP contribution in [0.1, 0.15) is 44.9 Å². The van der Waals surface area contributed by atoms with Gasteiger partial charge < -0.3 is 15.1 Å². The molecule has 1 aliphatic heterocycles. The lowest BCUT2D eigenvalue weighted by molar-refractivity contribution is 0.199. The average molecular weight is 325 g/mol. The molecule has 1 aromatic heterocycles. The summed E-state index contributed by atoms with van der Waals surface area (Å²) in [5, 5.41) is 4.76. The van der Waals surface area contributed by atoms with Crippen molar-refractivity contribution in [2.75, 3.05) is 44.2 Å². The zero-order valence-electron chi connectivity index (χ0n) is 14.5. The highest BCUT2D eigenvalue weighted by molar-refractivity contribution is 7.15. The summed E-state index contributed by atoms with van der Waals surface area (Å²) in [7, 11) is 0. The molecule has 0 bridgehead atoms. The maximum atomic E-state index is 4.55. The standard InChI is InChI=1S/C17H32N4S/c1-4-21(5-2)17-19-13-16(22-17)12-18-11-15(3)14-20-9-7-6-8-10-20/h13,15,18H,4-12,14H2,1-3H3. The summed E-state index contributed by atoms with van der Waals surface area (Å²) >= 11 is 1.82. The average Bonchev–Trinajstić information content (AvgIpc) is 2.98. The van der Waals surface area contributed by atoms with E-state index >= 15 is 0 Å². The maximum absolute atomic E-state index is 4.55. The molecule has 1 fully saturated rings. The first-order valence-corrected chi connectivity index (χ1v) is 9.67. The quantitative estimate of drug-likeness (QED) is 0.756. The normalized spacial score (nSPS) is 17.6. The summed E-state index contributed by atoms with van der Waals surface area (Å²) in [6.07, 6.45) is 6.22. The fourth-order valence-electron chi connectivity index (χ4n) is 3.11. The number of nitrogens with zero attached hydrogens (tertiary/aromatic N) is 3. The van der Waals surface area contributed by atoms with Crippen molar-refractivity contribution in [3.63, 3.8) is 0 Å². The van der Waals surface area contributed by atoms with Crippen LogP contribution in [-0.4, -0.2) is 49.2 Å². The van der Waals surface area contributed by atoms with Crippen molar-refractivity contribution in [3.8, 4) is 0 Å². The van der Waals surface area contributed by atoms with Crippen LogP contribution in [0.2, 0.25) is 0 Å². The van der Waals surface area contributed by atoms with Gasteiger partial charge >= 0.3 is 0 Å². The van der Waals surface area contributed by atoms with Crippen LogP contribution in [0.3, 0.4) is 0 Å². The lowest BCUT2D eigenvalue weighted by Crippen LogP contribution is -2.36. The topological polar surface area (TPSA) is 31.4 Å². The molecule has 1 aliphatic rings. The van der Waals surface area contributed by atoms with Crippen LogP contribution in [-0.2, 0) is 6.54 Å². The number of hydrogen-bond acceptors (Lipinski definition) is 5. The summed E-state index contributed by atoms with van der Waals surface area (Å²) in [6, 6.07) is 0. The Morgan fingerprint density at radius 1 is 1.27 bits per heavy atom. The number of nitrogens with one attached hydrogen (secondary N) is 1. The number of anilines is 1. The Balaban J connectivity index is 1.67. The van der Waals surface area contributed by atoms with Crippen LogP contribution in [0.4, 0.5) is 5.13 Å². The van der Waals surface area contributed by atoms with Gasteiger partial charge in [0.1, 0.15) is 0 Å². The van der Waals surface area contributed by atoms with Crippen LogP contribution in [0, 0.1) is 5.92 Å². The fourth-order valence-corrected chi connectivity index (χ4v) is 4.12. The molecule has 0 aromatic carbocycles. The van der Waals surface area contributed by atoms with Crippen LogP contribution in [0.15, 0.2) is 6.20 Å². The van der Waals surface area contributed by atoms with Gasteiger partial charge in [0.05, 0.1) is 0 Å². The van der Waals surface area contributed by atoms with Crippen LogP contribution < -0.4 is 10.2 Å².